The molecule has 4 aromatic rings. The number of carboxylic acid groups (broad SMARTS) is 1. The van der Waals surface area contributed by atoms with E-state index < -0.39 is 17.0 Å². The molecular formula is C31H26N2O5S. The van der Waals surface area contributed by atoms with Gasteiger partial charge in [-0.05, 0) is 28.3 Å². The van der Waals surface area contributed by atoms with E-state index in [9.17, 15) is 19.5 Å². The smallest absolute Gasteiger partial charge is 0.341 e. The minimum absolute atomic E-state index is 0.0273. The van der Waals surface area contributed by atoms with Crippen molar-refractivity contribution >= 4 is 23.6 Å². The lowest BCUT2D eigenvalue weighted by atomic mass is 9.81. The van der Waals surface area contributed by atoms with Crippen molar-refractivity contribution in [2.75, 3.05) is 13.6 Å². The van der Waals surface area contributed by atoms with Crippen molar-refractivity contribution in [1.82, 2.24) is 9.47 Å². The number of benzene rings is 3. The first-order chi connectivity index (χ1) is 18.9. The number of pyridine rings is 1. The number of ether oxygens (including phenoxy) is 1. The molecule has 1 N–H and O–H groups in total. The highest BCUT2D eigenvalue weighted by molar-refractivity contribution is 7.98. The maximum atomic E-state index is 13.6. The van der Waals surface area contributed by atoms with Crippen LogP contribution in [0.1, 0.15) is 55.1 Å². The molecule has 3 aromatic carbocycles. The van der Waals surface area contributed by atoms with Gasteiger partial charge in [-0.3, -0.25) is 9.59 Å². The molecule has 0 saturated carbocycles. The predicted octanol–water partition coefficient (Wildman–Crippen LogP) is 5.19. The monoisotopic (exact) mass is 538 g/mol. The number of rotatable bonds is 5. The van der Waals surface area contributed by atoms with Crippen LogP contribution >= 0.6 is 11.8 Å². The highest BCUT2D eigenvalue weighted by Gasteiger charge is 2.41. The Labute approximate surface area is 229 Å². The van der Waals surface area contributed by atoms with Crippen molar-refractivity contribution in [3.8, 4) is 5.75 Å². The van der Waals surface area contributed by atoms with Gasteiger partial charge in [0.1, 0.15) is 12.2 Å². The molecule has 2 aliphatic rings. The van der Waals surface area contributed by atoms with E-state index in [0.717, 1.165) is 27.3 Å². The fourth-order valence-corrected chi connectivity index (χ4v) is 6.68. The molecule has 0 saturated heterocycles. The molecule has 6 rings (SSSR count). The van der Waals surface area contributed by atoms with Gasteiger partial charge in [0, 0.05) is 36.4 Å². The number of thioether (sulfide) groups is 1. The number of hydrogen-bond donors (Lipinski definition) is 1. The molecule has 0 bridgehead atoms. The van der Waals surface area contributed by atoms with E-state index in [0.29, 0.717) is 6.54 Å². The number of nitrogens with zero attached hydrogens (tertiary/aromatic N) is 2. The number of likely N-dealkylation sites (N-methyl/N-ethyl adjacent to an activating group) is 1. The summed E-state index contributed by atoms with van der Waals surface area (Å²) in [6, 6.07) is 25.3. The van der Waals surface area contributed by atoms with E-state index >= 15 is 0 Å². The van der Waals surface area contributed by atoms with E-state index in [4.69, 9.17) is 4.74 Å². The summed E-state index contributed by atoms with van der Waals surface area (Å²) in [5.74, 6) is -1.36. The number of carboxylic acids is 1. The van der Waals surface area contributed by atoms with Crippen LogP contribution in [0, 0.1) is 0 Å². The van der Waals surface area contributed by atoms with Gasteiger partial charge in [-0.25, -0.2) is 4.79 Å². The molecule has 1 unspecified atom stereocenters. The van der Waals surface area contributed by atoms with Crippen LogP contribution in [0.2, 0.25) is 0 Å². The fourth-order valence-electron chi connectivity index (χ4n) is 5.57. The van der Waals surface area contributed by atoms with Crippen molar-refractivity contribution in [1.29, 1.82) is 0 Å². The SMILES string of the molecule is CN1C[C@H](C2c3ccccc3CSc3ccccc32)n2cc(C(=O)O)c(=O)c(OCc3ccccc3)c2C1=O. The molecule has 1 aromatic heterocycles. The van der Waals surface area contributed by atoms with Crippen molar-refractivity contribution in [2.45, 2.75) is 29.2 Å². The van der Waals surface area contributed by atoms with Gasteiger partial charge in [0.25, 0.3) is 5.91 Å². The summed E-state index contributed by atoms with van der Waals surface area (Å²) in [7, 11) is 1.71. The van der Waals surface area contributed by atoms with E-state index in [1.807, 2.05) is 54.6 Å². The number of carbonyl (C=O) groups is 2. The van der Waals surface area contributed by atoms with Crippen molar-refractivity contribution in [2.24, 2.45) is 0 Å². The van der Waals surface area contributed by atoms with Gasteiger partial charge >= 0.3 is 5.97 Å². The van der Waals surface area contributed by atoms with Gasteiger partial charge in [0.05, 0.1) is 6.04 Å². The number of amides is 1. The van der Waals surface area contributed by atoms with E-state index in [2.05, 4.69) is 24.3 Å². The van der Waals surface area contributed by atoms with Crippen LogP contribution in [-0.4, -0.2) is 40.0 Å². The first-order valence-corrected chi connectivity index (χ1v) is 13.7. The fraction of sp³-hybridized carbons (Fsp3) is 0.194. The standard InChI is InChI=1S/C31H26N2O5S/c1-32-16-24(26-21-12-6-5-11-20(21)18-39-25-14-8-7-13-22(25)26)33-15-23(31(36)37)28(34)29(27(33)30(32)35)38-17-19-9-3-2-4-10-19/h2-15,24,26H,16-18H2,1H3,(H,36,37)/t24-,26?/m1/s1. The Morgan fingerprint density at radius 2 is 1.67 bits per heavy atom. The second kappa shape index (κ2) is 10.1. The van der Waals surface area contributed by atoms with Crippen LogP contribution in [0.3, 0.4) is 0 Å². The Kier molecular flexibility index (Phi) is 6.48. The van der Waals surface area contributed by atoms with Gasteiger partial charge in [-0.1, -0.05) is 72.8 Å². The molecule has 0 fully saturated rings. The lowest BCUT2D eigenvalue weighted by Gasteiger charge is -2.39. The van der Waals surface area contributed by atoms with Crippen LogP contribution in [0.4, 0.5) is 0 Å². The van der Waals surface area contributed by atoms with Crippen LogP contribution < -0.4 is 10.2 Å². The summed E-state index contributed by atoms with van der Waals surface area (Å²) in [6.45, 7) is 0.365. The third kappa shape index (κ3) is 4.40. The largest absolute Gasteiger partial charge is 0.483 e. The third-order valence-electron chi connectivity index (χ3n) is 7.43. The molecule has 8 heteroatoms. The Balaban J connectivity index is 1.58. The normalized spacial score (nSPS) is 18.0. The van der Waals surface area contributed by atoms with Crippen LogP contribution in [-0.2, 0) is 12.4 Å². The molecule has 196 valence electrons. The molecule has 0 radical (unpaired) electrons. The predicted molar refractivity (Wildman–Crippen MR) is 149 cm³/mol. The molecule has 1 amide bonds. The number of aromatic carboxylic acids is 1. The number of fused-ring (bicyclic) bond motifs is 3. The highest BCUT2D eigenvalue weighted by atomic mass is 32.2. The van der Waals surface area contributed by atoms with Gasteiger partial charge < -0.3 is 19.3 Å². The Bertz CT molecular complexity index is 1600. The maximum absolute atomic E-state index is 13.6. The molecule has 3 heterocycles. The lowest BCUT2D eigenvalue weighted by Crippen LogP contribution is -2.45. The van der Waals surface area contributed by atoms with Crippen molar-refractivity contribution < 1.29 is 19.4 Å². The minimum Gasteiger partial charge on any atom is -0.483 e. The number of hydrogen-bond acceptors (Lipinski definition) is 5. The number of aromatic nitrogens is 1. The van der Waals surface area contributed by atoms with Gasteiger partial charge in [-0.15, -0.1) is 11.8 Å². The Morgan fingerprint density at radius 3 is 2.44 bits per heavy atom. The maximum Gasteiger partial charge on any atom is 0.341 e. The summed E-state index contributed by atoms with van der Waals surface area (Å²) in [4.78, 5) is 42.0. The quantitative estimate of drug-likeness (QED) is 0.376. The Hall–Kier alpha value is -4.30. The van der Waals surface area contributed by atoms with Crippen LogP contribution in [0.25, 0.3) is 0 Å². The van der Waals surface area contributed by atoms with E-state index in [-0.39, 0.29) is 35.9 Å². The first-order valence-electron chi connectivity index (χ1n) is 12.7. The summed E-state index contributed by atoms with van der Waals surface area (Å²) < 4.78 is 7.66. The van der Waals surface area contributed by atoms with Gasteiger partial charge in [0.2, 0.25) is 5.43 Å². The zero-order valence-electron chi connectivity index (χ0n) is 21.2. The van der Waals surface area contributed by atoms with Gasteiger partial charge in [0.15, 0.2) is 11.4 Å². The summed E-state index contributed by atoms with van der Waals surface area (Å²) in [5.41, 5.74) is 3.06. The average molecular weight is 539 g/mol. The van der Waals surface area contributed by atoms with Crippen molar-refractivity contribution in [3.05, 3.63) is 129 Å². The van der Waals surface area contributed by atoms with Crippen LogP contribution in [0.5, 0.6) is 5.75 Å². The molecule has 7 nitrogen and oxygen atoms in total. The average Bonchev–Trinajstić information content (AvgIpc) is 3.11. The highest BCUT2D eigenvalue weighted by Crippen LogP contribution is 2.47. The molecule has 39 heavy (non-hydrogen) atoms. The summed E-state index contributed by atoms with van der Waals surface area (Å²) in [6.07, 6.45) is 1.33. The number of carbonyl (C=O) groups excluding carboxylic acids is 1. The Morgan fingerprint density at radius 1 is 0.974 bits per heavy atom. The zero-order chi connectivity index (χ0) is 27.1. The topological polar surface area (TPSA) is 88.8 Å². The lowest BCUT2D eigenvalue weighted by molar-refractivity contribution is 0.0667. The zero-order valence-corrected chi connectivity index (χ0v) is 22.1. The molecule has 0 spiro atoms. The first kappa shape index (κ1) is 25.0. The van der Waals surface area contributed by atoms with Gasteiger partial charge in [-0.2, -0.15) is 0 Å². The van der Waals surface area contributed by atoms with Crippen LogP contribution in [0.15, 0.2) is 94.7 Å². The van der Waals surface area contributed by atoms with E-state index in [1.165, 1.54) is 11.8 Å². The molecule has 2 atom stereocenters. The summed E-state index contributed by atoms with van der Waals surface area (Å²) >= 11 is 1.76. The second-order valence-corrected chi connectivity index (χ2v) is 10.8. The molecule has 2 aliphatic heterocycles. The third-order valence-corrected chi connectivity index (χ3v) is 8.57. The molecule has 0 aliphatic carbocycles. The summed E-state index contributed by atoms with van der Waals surface area (Å²) in [5, 5.41) is 9.98. The molecular weight excluding hydrogens is 512 g/mol. The second-order valence-electron chi connectivity index (χ2n) is 9.79. The minimum atomic E-state index is -1.36. The van der Waals surface area contributed by atoms with Crippen molar-refractivity contribution in [3.63, 3.8) is 0 Å². The van der Waals surface area contributed by atoms with E-state index in [1.54, 1.807) is 28.3 Å².